The van der Waals surface area contributed by atoms with Crippen LogP contribution in [0.25, 0.3) is 0 Å². The molecule has 0 spiro atoms. The van der Waals surface area contributed by atoms with Gasteiger partial charge < -0.3 is 4.90 Å². The average molecular weight is 256 g/mol. The molecular formula is C13H15ClFNO. The van der Waals surface area contributed by atoms with Gasteiger partial charge in [-0.3, -0.25) is 4.79 Å². The summed E-state index contributed by atoms with van der Waals surface area (Å²) >= 11 is 5.97. The Morgan fingerprint density at radius 2 is 2.24 bits per heavy atom. The highest BCUT2D eigenvalue weighted by Crippen LogP contribution is 2.31. The summed E-state index contributed by atoms with van der Waals surface area (Å²) in [6.07, 6.45) is 2.47. The highest BCUT2D eigenvalue weighted by atomic mass is 35.5. The molecule has 2 nitrogen and oxygen atoms in total. The van der Waals surface area contributed by atoms with Gasteiger partial charge in [0, 0.05) is 23.0 Å². The SMILES string of the molecule is CCC(=O)N(Cc1c(F)cccc1Cl)C1CC1. The van der Waals surface area contributed by atoms with E-state index in [0.717, 1.165) is 12.8 Å². The summed E-state index contributed by atoms with van der Waals surface area (Å²) in [5, 5.41) is 0.388. The van der Waals surface area contributed by atoms with Crippen LogP contribution in [0.1, 0.15) is 31.7 Å². The van der Waals surface area contributed by atoms with E-state index in [1.807, 2.05) is 6.92 Å². The predicted molar refractivity (Wildman–Crippen MR) is 65.3 cm³/mol. The molecule has 1 aromatic rings. The van der Waals surface area contributed by atoms with Gasteiger partial charge in [0.2, 0.25) is 5.91 Å². The Bertz CT molecular complexity index is 411. The van der Waals surface area contributed by atoms with E-state index in [1.54, 1.807) is 17.0 Å². The molecule has 0 unspecified atom stereocenters. The molecule has 0 radical (unpaired) electrons. The van der Waals surface area contributed by atoms with Crippen molar-refractivity contribution >= 4 is 17.5 Å². The molecule has 0 aromatic heterocycles. The normalized spacial score (nSPS) is 14.8. The van der Waals surface area contributed by atoms with Gasteiger partial charge in [-0.1, -0.05) is 24.6 Å². The smallest absolute Gasteiger partial charge is 0.222 e. The Labute approximate surface area is 105 Å². The summed E-state index contributed by atoms with van der Waals surface area (Å²) in [6.45, 7) is 2.10. The minimum Gasteiger partial charge on any atom is -0.335 e. The fraction of sp³-hybridized carbons (Fsp3) is 0.462. The van der Waals surface area contributed by atoms with E-state index in [0.29, 0.717) is 17.0 Å². The van der Waals surface area contributed by atoms with Crippen molar-refractivity contribution in [3.8, 4) is 0 Å². The van der Waals surface area contributed by atoms with Crippen LogP contribution >= 0.6 is 11.6 Å². The van der Waals surface area contributed by atoms with Crippen LogP contribution in [-0.4, -0.2) is 16.8 Å². The third kappa shape index (κ3) is 2.78. The van der Waals surface area contributed by atoms with Gasteiger partial charge >= 0.3 is 0 Å². The first kappa shape index (κ1) is 12.4. The van der Waals surface area contributed by atoms with E-state index < -0.39 is 0 Å². The number of nitrogens with zero attached hydrogens (tertiary/aromatic N) is 1. The molecule has 0 N–H and O–H groups in total. The molecule has 1 fully saturated rings. The molecule has 1 aliphatic carbocycles. The third-order valence-electron chi connectivity index (χ3n) is 3.00. The Morgan fingerprint density at radius 3 is 2.76 bits per heavy atom. The molecular weight excluding hydrogens is 241 g/mol. The number of rotatable bonds is 4. The van der Waals surface area contributed by atoms with Crippen LogP contribution in [0.5, 0.6) is 0 Å². The molecule has 2 rings (SSSR count). The molecule has 0 bridgehead atoms. The molecule has 1 aliphatic rings. The van der Waals surface area contributed by atoms with Crippen molar-refractivity contribution in [2.45, 2.75) is 38.8 Å². The average Bonchev–Trinajstić information content (AvgIpc) is 3.12. The fourth-order valence-corrected chi connectivity index (χ4v) is 2.09. The lowest BCUT2D eigenvalue weighted by Crippen LogP contribution is -2.32. The first-order valence-corrected chi connectivity index (χ1v) is 6.23. The van der Waals surface area contributed by atoms with Gasteiger partial charge in [0.05, 0.1) is 6.54 Å². The van der Waals surface area contributed by atoms with Crippen LogP contribution in [0.15, 0.2) is 18.2 Å². The van der Waals surface area contributed by atoms with Crippen molar-refractivity contribution in [3.63, 3.8) is 0 Å². The topological polar surface area (TPSA) is 20.3 Å². The van der Waals surface area contributed by atoms with Crippen LogP contribution in [-0.2, 0) is 11.3 Å². The van der Waals surface area contributed by atoms with Crippen molar-refractivity contribution in [1.29, 1.82) is 0 Å². The molecule has 1 amide bonds. The summed E-state index contributed by atoms with van der Waals surface area (Å²) < 4.78 is 13.6. The molecule has 0 aliphatic heterocycles. The maximum Gasteiger partial charge on any atom is 0.222 e. The van der Waals surface area contributed by atoms with E-state index in [-0.39, 0.29) is 24.3 Å². The van der Waals surface area contributed by atoms with Crippen LogP contribution in [0, 0.1) is 5.82 Å². The first-order chi connectivity index (χ1) is 8.13. The Kier molecular flexibility index (Phi) is 3.67. The molecule has 92 valence electrons. The largest absolute Gasteiger partial charge is 0.335 e. The fourth-order valence-electron chi connectivity index (χ4n) is 1.86. The van der Waals surface area contributed by atoms with E-state index in [1.165, 1.54) is 6.07 Å². The molecule has 4 heteroatoms. The zero-order valence-corrected chi connectivity index (χ0v) is 10.5. The lowest BCUT2D eigenvalue weighted by atomic mass is 10.2. The highest BCUT2D eigenvalue weighted by Gasteiger charge is 2.32. The van der Waals surface area contributed by atoms with E-state index in [2.05, 4.69) is 0 Å². The van der Waals surface area contributed by atoms with Crippen LogP contribution in [0.2, 0.25) is 5.02 Å². The van der Waals surface area contributed by atoms with Gasteiger partial charge in [0.25, 0.3) is 0 Å². The van der Waals surface area contributed by atoms with Crippen LogP contribution in [0.3, 0.4) is 0 Å². The highest BCUT2D eigenvalue weighted by molar-refractivity contribution is 6.31. The summed E-state index contributed by atoms with van der Waals surface area (Å²) in [6, 6.07) is 4.88. The first-order valence-electron chi connectivity index (χ1n) is 5.85. The van der Waals surface area contributed by atoms with Gasteiger partial charge in [-0.05, 0) is 25.0 Å². The third-order valence-corrected chi connectivity index (χ3v) is 3.35. The number of carbonyl (C=O) groups excluding carboxylic acids is 1. The monoisotopic (exact) mass is 255 g/mol. The predicted octanol–water partition coefficient (Wildman–Crippen LogP) is 3.38. The van der Waals surface area contributed by atoms with Crippen LogP contribution in [0.4, 0.5) is 4.39 Å². The summed E-state index contributed by atoms with van der Waals surface area (Å²) in [5.41, 5.74) is 0.419. The molecule has 0 atom stereocenters. The Balaban J connectivity index is 2.20. The number of halogens is 2. The maximum atomic E-state index is 13.6. The maximum absolute atomic E-state index is 13.6. The van der Waals surface area contributed by atoms with Crippen molar-refractivity contribution in [2.75, 3.05) is 0 Å². The summed E-state index contributed by atoms with van der Waals surface area (Å²) in [5.74, 6) is -0.279. The van der Waals surface area contributed by atoms with Gasteiger partial charge in [0.15, 0.2) is 0 Å². The zero-order chi connectivity index (χ0) is 12.4. The number of benzene rings is 1. The van der Waals surface area contributed by atoms with E-state index in [4.69, 9.17) is 11.6 Å². The lowest BCUT2D eigenvalue weighted by Gasteiger charge is -2.22. The second-order valence-electron chi connectivity index (χ2n) is 4.31. The molecule has 1 saturated carbocycles. The molecule has 1 aromatic carbocycles. The van der Waals surface area contributed by atoms with Gasteiger partial charge in [0.1, 0.15) is 5.82 Å². The number of hydrogen-bond donors (Lipinski definition) is 0. The minimum atomic E-state index is -0.341. The minimum absolute atomic E-state index is 0.0619. The van der Waals surface area contributed by atoms with Crippen molar-refractivity contribution in [2.24, 2.45) is 0 Å². The molecule has 0 saturated heterocycles. The standard InChI is InChI=1S/C13H15ClFNO/c1-2-13(17)16(9-6-7-9)8-10-11(14)4-3-5-12(10)15/h3-5,9H,2,6-8H2,1H3. The second-order valence-corrected chi connectivity index (χ2v) is 4.71. The number of carbonyl (C=O) groups is 1. The van der Waals surface area contributed by atoms with E-state index >= 15 is 0 Å². The summed E-state index contributed by atoms with van der Waals surface area (Å²) in [7, 11) is 0. The molecule has 0 heterocycles. The van der Waals surface area contributed by atoms with Crippen molar-refractivity contribution in [3.05, 3.63) is 34.6 Å². The van der Waals surface area contributed by atoms with Crippen molar-refractivity contribution < 1.29 is 9.18 Å². The van der Waals surface area contributed by atoms with Gasteiger partial charge in [-0.25, -0.2) is 4.39 Å². The molecule has 17 heavy (non-hydrogen) atoms. The number of hydrogen-bond acceptors (Lipinski definition) is 1. The van der Waals surface area contributed by atoms with Crippen molar-refractivity contribution in [1.82, 2.24) is 4.90 Å². The van der Waals surface area contributed by atoms with Crippen LogP contribution < -0.4 is 0 Å². The summed E-state index contributed by atoms with van der Waals surface area (Å²) in [4.78, 5) is 13.5. The zero-order valence-electron chi connectivity index (χ0n) is 9.75. The Morgan fingerprint density at radius 1 is 1.53 bits per heavy atom. The number of amides is 1. The van der Waals surface area contributed by atoms with E-state index in [9.17, 15) is 9.18 Å². The van der Waals surface area contributed by atoms with Gasteiger partial charge in [-0.2, -0.15) is 0 Å². The lowest BCUT2D eigenvalue weighted by molar-refractivity contribution is -0.132. The van der Waals surface area contributed by atoms with Gasteiger partial charge in [-0.15, -0.1) is 0 Å². The quantitative estimate of drug-likeness (QED) is 0.808. The Hall–Kier alpha value is -1.09. The second kappa shape index (κ2) is 5.05.